The predicted molar refractivity (Wildman–Crippen MR) is 69.2 cm³/mol. The quantitative estimate of drug-likeness (QED) is 0.695. The van der Waals surface area contributed by atoms with Crippen LogP contribution in [0.25, 0.3) is 0 Å². The Morgan fingerprint density at radius 1 is 1.40 bits per heavy atom. The lowest BCUT2D eigenvalue weighted by atomic mass is 10.2. The normalized spacial score (nSPS) is 29.1. The molecule has 114 valence electrons. The van der Waals surface area contributed by atoms with Crippen molar-refractivity contribution in [1.82, 2.24) is 10.2 Å². The minimum atomic E-state index is -3.28. The zero-order valence-electron chi connectivity index (χ0n) is 10.9. The van der Waals surface area contributed by atoms with Crippen molar-refractivity contribution < 1.29 is 27.9 Å². The molecule has 0 bridgehead atoms. The first-order valence-electron chi connectivity index (χ1n) is 6.44. The Bertz CT molecular complexity index is 485. The van der Waals surface area contributed by atoms with Crippen molar-refractivity contribution in [3.05, 3.63) is 0 Å². The molecule has 8 nitrogen and oxygen atoms in total. The Labute approximate surface area is 117 Å². The second kappa shape index (κ2) is 5.96. The molecule has 0 aromatic carbocycles. The van der Waals surface area contributed by atoms with Crippen LogP contribution in [0.15, 0.2) is 0 Å². The molecule has 2 unspecified atom stereocenters. The number of urea groups is 1. The minimum Gasteiger partial charge on any atom is -0.481 e. The molecule has 0 saturated carbocycles. The van der Waals surface area contributed by atoms with Gasteiger partial charge in [-0.1, -0.05) is 0 Å². The smallest absolute Gasteiger partial charge is 0.318 e. The fourth-order valence-corrected chi connectivity index (χ4v) is 3.96. The van der Waals surface area contributed by atoms with Gasteiger partial charge >= 0.3 is 12.0 Å². The number of carbonyl (C=O) groups excluding carboxylic acids is 1. The fraction of sp³-hybridized carbons (Fsp3) is 0.818. The average molecular weight is 306 g/mol. The molecule has 0 radical (unpaired) electrons. The first-order chi connectivity index (χ1) is 9.37. The maximum Gasteiger partial charge on any atom is 0.318 e. The van der Waals surface area contributed by atoms with Gasteiger partial charge in [-0.05, 0) is 6.42 Å². The van der Waals surface area contributed by atoms with Gasteiger partial charge in [0.2, 0.25) is 0 Å². The van der Waals surface area contributed by atoms with E-state index in [0.29, 0.717) is 19.6 Å². The molecular weight excluding hydrogens is 288 g/mol. The summed E-state index contributed by atoms with van der Waals surface area (Å²) in [4.78, 5) is 24.3. The van der Waals surface area contributed by atoms with Crippen LogP contribution in [0.5, 0.6) is 0 Å². The average Bonchev–Trinajstić information content (AvgIpc) is 2.79. The molecule has 2 aliphatic rings. The maximum absolute atomic E-state index is 12.1. The summed E-state index contributed by atoms with van der Waals surface area (Å²) < 4.78 is 28.3. The molecule has 2 rings (SSSR count). The number of ether oxygens (including phenoxy) is 1. The number of carboxylic acid groups (broad SMARTS) is 1. The van der Waals surface area contributed by atoms with Gasteiger partial charge in [0.15, 0.2) is 9.84 Å². The number of amides is 2. The highest BCUT2D eigenvalue weighted by Crippen LogP contribution is 2.16. The van der Waals surface area contributed by atoms with E-state index in [4.69, 9.17) is 9.84 Å². The second-order valence-electron chi connectivity index (χ2n) is 5.07. The largest absolute Gasteiger partial charge is 0.481 e. The molecule has 2 saturated heterocycles. The molecule has 0 aromatic heterocycles. The number of nitrogens with zero attached hydrogens (tertiary/aromatic N) is 1. The number of carboxylic acids is 1. The van der Waals surface area contributed by atoms with Crippen molar-refractivity contribution in [2.45, 2.75) is 24.9 Å². The Morgan fingerprint density at radius 2 is 2.15 bits per heavy atom. The van der Waals surface area contributed by atoms with Gasteiger partial charge in [-0.3, -0.25) is 4.79 Å². The molecule has 0 spiro atoms. The topological polar surface area (TPSA) is 113 Å². The minimum absolute atomic E-state index is 0.0275. The summed E-state index contributed by atoms with van der Waals surface area (Å²) in [6.07, 6.45) is 0.343. The zero-order valence-corrected chi connectivity index (χ0v) is 11.8. The first kappa shape index (κ1) is 15.0. The number of carbonyl (C=O) groups is 2. The molecule has 2 aliphatic heterocycles. The van der Waals surface area contributed by atoms with E-state index in [0.717, 1.165) is 0 Å². The Hall–Kier alpha value is -1.35. The van der Waals surface area contributed by atoms with Gasteiger partial charge in [-0.25, -0.2) is 13.2 Å². The Balaban J connectivity index is 2.02. The number of hydrogen-bond donors (Lipinski definition) is 2. The van der Waals surface area contributed by atoms with Crippen LogP contribution in [0.1, 0.15) is 12.8 Å². The number of sulfone groups is 1. The van der Waals surface area contributed by atoms with Crippen LogP contribution in [0.4, 0.5) is 4.79 Å². The molecule has 2 fully saturated rings. The molecule has 9 heteroatoms. The molecular formula is C11H18N2O6S. The van der Waals surface area contributed by atoms with E-state index in [1.165, 1.54) is 4.90 Å². The van der Waals surface area contributed by atoms with E-state index in [1.807, 2.05) is 0 Å². The van der Waals surface area contributed by atoms with Gasteiger partial charge in [0.05, 0.1) is 36.6 Å². The summed E-state index contributed by atoms with van der Waals surface area (Å²) in [5.41, 5.74) is 0. The Kier molecular flexibility index (Phi) is 4.48. The van der Waals surface area contributed by atoms with Gasteiger partial charge in [-0.2, -0.15) is 0 Å². The highest BCUT2D eigenvalue weighted by molar-refractivity contribution is 7.91. The summed E-state index contributed by atoms with van der Waals surface area (Å²) in [6, 6.07) is -1.32. The molecule has 20 heavy (non-hydrogen) atoms. The highest BCUT2D eigenvalue weighted by Gasteiger charge is 2.36. The summed E-state index contributed by atoms with van der Waals surface area (Å²) in [7, 11) is -3.28. The number of nitrogens with one attached hydrogen (secondary N) is 1. The monoisotopic (exact) mass is 306 g/mol. The van der Waals surface area contributed by atoms with Gasteiger partial charge < -0.3 is 20.1 Å². The molecule has 2 atom stereocenters. The van der Waals surface area contributed by atoms with Crippen LogP contribution < -0.4 is 5.32 Å². The Morgan fingerprint density at radius 3 is 2.75 bits per heavy atom. The van der Waals surface area contributed by atoms with Gasteiger partial charge in [-0.15, -0.1) is 0 Å². The lowest BCUT2D eigenvalue weighted by Crippen LogP contribution is -2.56. The van der Waals surface area contributed by atoms with E-state index in [9.17, 15) is 18.0 Å². The third-order valence-electron chi connectivity index (χ3n) is 3.46. The molecule has 0 aliphatic carbocycles. The number of rotatable bonds is 3. The molecule has 2 N–H and O–H groups in total. The van der Waals surface area contributed by atoms with Crippen LogP contribution >= 0.6 is 0 Å². The molecule has 2 heterocycles. The van der Waals surface area contributed by atoms with Gasteiger partial charge in [0.25, 0.3) is 0 Å². The number of aliphatic carboxylic acids is 1. The summed E-state index contributed by atoms with van der Waals surface area (Å²) in [5, 5.41) is 11.6. The highest BCUT2D eigenvalue weighted by atomic mass is 32.2. The fourth-order valence-electron chi connectivity index (χ4n) is 2.43. The molecule has 2 amide bonds. The van der Waals surface area contributed by atoms with Crippen molar-refractivity contribution in [3.8, 4) is 0 Å². The van der Waals surface area contributed by atoms with E-state index in [2.05, 4.69) is 5.32 Å². The lowest BCUT2D eigenvalue weighted by Gasteiger charge is -2.35. The van der Waals surface area contributed by atoms with E-state index < -0.39 is 27.9 Å². The SMILES string of the molecule is O=C(O)CC1CS(=O)(=O)CCN1C(=O)NC1CCOC1. The second-order valence-corrected chi connectivity index (χ2v) is 7.30. The third kappa shape index (κ3) is 3.83. The van der Waals surface area contributed by atoms with Crippen LogP contribution in [-0.4, -0.2) is 73.8 Å². The standard InChI is InChI=1S/C11H18N2O6S/c14-10(15)5-9-7-20(17,18)4-2-13(9)11(16)12-8-1-3-19-6-8/h8-9H,1-7H2,(H,12,16)(H,14,15). The summed E-state index contributed by atoms with van der Waals surface area (Å²) in [5.74, 6) is -1.54. The van der Waals surface area contributed by atoms with Crippen LogP contribution in [0.2, 0.25) is 0 Å². The predicted octanol–water partition coefficient (Wildman–Crippen LogP) is -0.941. The van der Waals surface area contributed by atoms with E-state index in [1.54, 1.807) is 0 Å². The maximum atomic E-state index is 12.1. The van der Waals surface area contributed by atoms with Crippen LogP contribution in [0.3, 0.4) is 0 Å². The van der Waals surface area contributed by atoms with Crippen LogP contribution in [0, 0.1) is 0 Å². The first-order valence-corrected chi connectivity index (χ1v) is 8.26. The van der Waals surface area contributed by atoms with Gasteiger partial charge in [0, 0.05) is 13.2 Å². The third-order valence-corrected chi connectivity index (χ3v) is 5.16. The van der Waals surface area contributed by atoms with Gasteiger partial charge in [0.1, 0.15) is 0 Å². The lowest BCUT2D eigenvalue weighted by molar-refractivity contribution is -0.138. The van der Waals surface area contributed by atoms with Crippen molar-refractivity contribution in [3.63, 3.8) is 0 Å². The number of hydrogen-bond acceptors (Lipinski definition) is 5. The summed E-state index contributed by atoms with van der Waals surface area (Å²) >= 11 is 0. The van der Waals surface area contributed by atoms with E-state index in [-0.39, 0.29) is 30.5 Å². The van der Waals surface area contributed by atoms with Crippen LogP contribution in [-0.2, 0) is 19.4 Å². The molecule has 0 aromatic rings. The van der Waals surface area contributed by atoms with Crippen molar-refractivity contribution in [2.75, 3.05) is 31.3 Å². The zero-order chi connectivity index (χ0) is 14.8. The van der Waals surface area contributed by atoms with Crippen molar-refractivity contribution in [2.24, 2.45) is 0 Å². The summed E-state index contributed by atoms with van der Waals surface area (Å²) in [6.45, 7) is 1.04. The van der Waals surface area contributed by atoms with E-state index >= 15 is 0 Å². The van der Waals surface area contributed by atoms with Crippen molar-refractivity contribution >= 4 is 21.8 Å². The van der Waals surface area contributed by atoms with Crippen molar-refractivity contribution in [1.29, 1.82) is 0 Å².